The third-order valence-corrected chi connectivity index (χ3v) is 6.18. The number of fused-ring (bicyclic) bond motifs is 2. The molecule has 7 nitrogen and oxygen atoms in total. The van der Waals surface area contributed by atoms with Crippen LogP contribution in [0.5, 0.6) is 0 Å². The van der Waals surface area contributed by atoms with Crippen LogP contribution in [0.4, 0.5) is 6.01 Å². The minimum absolute atomic E-state index is 0.00470. The second kappa shape index (κ2) is 6.41. The fourth-order valence-electron chi connectivity index (χ4n) is 4.38. The zero-order valence-electron chi connectivity index (χ0n) is 14.8. The predicted molar refractivity (Wildman–Crippen MR) is 98.5 cm³/mol. The molecule has 0 saturated carbocycles. The summed E-state index contributed by atoms with van der Waals surface area (Å²) in [5, 5.41) is 0.619. The van der Waals surface area contributed by atoms with Crippen LogP contribution in [0.3, 0.4) is 0 Å². The molecule has 0 spiro atoms. The standard InChI is InChI=1S/C19H20ClN3O4/c20-13-1-2-15-16(7-13)27-19(21-15)22-5-3-11(4-6-22)17(24)23-8-12-10-26-18(25)14(12)9-23/h1-2,7,11-12,14H,3-6,8-10H2/t12-,14-/m1/s1. The van der Waals surface area contributed by atoms with Gasteiger partial charge >= 0.3 is 5.97 Å². The molecule has 1 aromatic heterocycles. The third kappa shape index (κ3) is 2.94. The van der Waals surface area contributed by atoms with E-state index in [1.165, 1.54) is 0 Å². The Morgan fingerprint density at radius 2 is 2.04 bits per heavy atom. The van der Waals surface area contributed by atoms with Gasteiger partial charge in [0, 0.05) is 49.1 Å². The summed E-state index contributed by atoms with van der Waals surface area (Å²) in [4.78, 5) is 33.0. The lowest BCUT2D eigenvalue weighted by Gasteiger charge is -2.32. The maximum absolute atomic E-state index is 12.9. The summed E-state index contributed by atoms with van der Waals surface area (Å²) in [6.07, 6.45) is 1.52. The van der Waals surface area contributed by atoms with Gasteiger partial charge in [-0.15, -0.1) is 0 Å². The number of anilines is 1. The summed E-state index contributed by atoms with van der Waals surface area (Å²) in [6, 6.07) is 5.98. The first-order valence-electron chi connectivity index (χ1n) is 9.35. The van der Waals surface area contributed by atoms with E-state index in [9.17, 15) is 9.59 Å². The Morgan fingerprint density at radius 3 is 2.81 bits per heavy atom. The summed E-state index contributed by atoms with van der Waals surface area (Å²) < 4.78 is 10.9. The number of hydrogen-bond acceptors (Lipinski definition) is 6. The van der Waals surface area contributed by atoms with Gasteiger partial charge < -0.3 is 19.0 Å². The van der Waals surface area contributed by atoms with E-state index >= 15 is 0 Å². The molecule has 0 N–H and O–H groups in total. The highest BCUT2D eigenvalue weighted by atomic mass is 35.5. The van der Waals surface area contributed by atoms with Crippen molar-refractivity contribution >= 4 is 40.6 Å². The Morgan fingerprint density at radius 1 is 1.22 bits per heavy atom. The quantitative estimate of drug-likeness (QED) is 0.734. The van der Waals surface area contributed by atoms with Gasteiger partial charge in [0.05, 0.1) is 12.5 Å². The largest absolute Gasteiger partial charge is 0.465 e. The van der Waals surface area contributed by atoms with E-state index in [-0.39, 0.29) is 29.6 Å². The first-order valence-corrected chi connectivity index (χ1v) is 9.73. The lowest BCUT2D eigenvalue weighted by atomic mass is 9.95. The molecule has 5 rings (SSSR count). The summed E-state index contributed by atoms with van der Waals surface area (Å²) in [6.45, 7) is 3.04. The molecule has 0 bridgehead atoms. The maximum Gasteiger partial charge on any atom is 0.311 e. The number of cyclic esters (lactones) is 1. The molecule has 2 atom stereocenters. The van der Waals surface area contributed by atoms with E-state index in [1.807, 2.05) is 11.0 Å². The number of aromatic nitrogens is 1. The number of nitrogens with zero attached hydrogens (tertiary/aromatic N) is 3. The summed E-state index contributed by atoms with van der Waals surface area (Å²) >= 11 is 6.00. The summed E-state index contributed by atoms with van der Waals surface area (Å²) in [7, 11) is 0. The molecule has 1 aromatic carbocycles. The van der Waals surface area contributed by atoms with Crippen LogP contribution in [0, 0.1) is 17.8 Å². The number of hydrogen-bond donors (Lipinski definition) is 0. The monoisotopic (exact) mass is 389 g/mol. The molecule has 4 heterocycles. The van der Waals surface area contributed by atoms with Crippen molar-refractivity contribution in [2.45, 2.75) is 12.8 Å². The molecule has 0 aliphatic carbocycles. The van der Waals surface area contributed by atoms with Crippen molar-refractivity contribution in [1.29, 1.82) is 0 Å². The van der Waals surface area contributed by atoms with Crippen LogP contribution in [0.2, 0.25) is 5.02 Å². The molecule has 3 saturated heterocycles. The second-order valence-corrected chi connectivity index (χ2v) is 8.05. The zero-order valence-corrected chi connectivity index (χ0v) is 15.5. The van der Waals surface area contributed by atoms with E-state index in [4.69, 9.17) is 20.8 Å². The van der Waals surface area contributed by atoms with Crippen molar-refractivity contribution in [3.63, 3.8) is 0 Å². The molecule has 0 radical (unpaired) electrons. The van der Waals surface area contributed by atoms with Crippen LogP contribution >= 0.6 is 11.6 Å². The fourth-order valence-corrected chi connectivity index (χ4v) is 4.54. The Labute approximate surface area is 161 Å². The number of ether oxygens (including phenoxy) is 1. The first-order chi connectivity index (χ1) is 13.1. The molecule has 3 aliphatic rings. The number of carbonyl (C=O) groups excluding carboxylic acids is 2. The van der Waals surface area contributed by atoms with Crippen molar-refractivity contribution in [2.24, 2.45) is 17.8 Å². The van der Waals surface area contributed by atoms with Crippen molar-refractivity contribution in [2.75, 3.05) is 37.7 Å². The topological polar surface area (TPSA) is 75.9 Å². The summed E-state index contributed by atoms with van der Waals surface area (Å²) in [5.41, 5.74) is 1.45. The number of piperidine rings is 1. The molecule has 3 aliphatic heterocycles. The zero-order chi connectivity index (χ0) is 18.5. The van der Waals surface area contributed by atoms with Crippen molar-refractivity contribution in [1.82, 2.24) is 9.88 Å². The molecule has 27 heavy (non-hydrogen) atoms. The fraction of sp³-hybridized carbons (Fsp3) is 0.526. The van der Waals surface area contributed by atoms with Gasteiger partial charge in [0.1, 0.15) is 5.52 Å². The molecule has 142 valence electrons. The van der Waals surface area contributed by atoms with Crippen molar-refractivity contribution in [3.05, 3.63) is 23.2 Å². The Kier molecular flexibility index (Phi) is 4.00. The van der Waals surface area contributed by atoms with Crippen LogP contribution in [-0.2, 0) is 14.3 Å². The molecular formula is C19H20ClN3O4. The maximum atomic E-state index is 12.9. The number of rotatable bonds is 2. The van der Waals surface area contributed by atoms with E-state index in [1.54, 1.807) is 12.1 Å². The SMILES string of the molecule is O=C1OC[C@H]2CN(C(=O)C3CCN(c4nc5ccc(Cl)cc5o4)CC3)C[C@@H]12. The Balaban J connectivity index is 1.22. The van der Waals surface area contributed by atoms with E-state index < -0.39 is 0 Å². The average Bonchev–Trinajstić information content (AvgIpc) is 3.37. The van der Waals surface area contributed by atoms with Crippen molar-refractivity contribution in [3.8, 4) is 0 Å². The van der Waals surface area contributed by atoms with Crippen LogP contribution < -0.4 is 4.90 Å². The van der Waals surface area contributed by atoms with Gasteiger partial charge in [-0.2, -0.15) is 4.98 Å². The van der Waals surface area contributed by atoms with Gasteiger partial charge in [-0.3, -0.25) is 9.59 Å². The van der Waals surface area contributed by atoms with Crippen LogP contribution in [0.15, 0.2) is 22.6 Å². The highest BCUT2D eigenvalue weighted by molar-refractivity contribution is 6.31. The van der Waals surface area contributed by atoms with Crippen molar-refractivity contribution < 1.29 is 18.7 Å². The molecule has 1 amide bonds. The van der Waals surface area contributed by atoms with Gasteiger partial charge in [-0.1, -0.05) is 11.6 Å². The first kappa shape index (κ1) is 16.9. The molecule has 2 aromatic rings. The summed E-state index contributed by atoms with van der Waals surface area (Å²) in [5.74, 6) is 0.0611. The highest BCUT2D eigenvalue weighted by Crippen LogP contribution is 2.33. The second-order valence-electron chi connectivity index (χ2n) is 7.61. The number of likely N-dealkylation sites (tertiary alicyclic amines) is 1. The third-order valence-electron chi connectivity index (χ3n) is 5.95. The minimum Gasteiger partial charge on any atom is -0.465 e. The number of oxazole rings is 1. The number of halogens is 1. The number of amides is 1. The average molecular weight is 390 g/mol. The lowest BCUT2D eigenvalue weighted by molar-refractivity contribution is -0.142. The van der Waals surface area contributed by atoms with Gasteiger partial charge in [0.15, 0.2) is 5.58 Å². The molecule has 3 fully saturated rings. The smallest absolute Gasteiger partial charge is 0.311 e. The van der Waals surface area contributed by atoms with Gasteiger partial charge in [-0.25, -0.2) is 0 Å². The Hall–Kier alpha value is -2.28. The molecular weight excluding hydrogens is 370 g/mol. The molecule has 0 unspecified atom stereocenters. The molecule has 8 heteroatoms. The number of benzene rings is 1. The minimum atomic E-state index is -0.152. The van der Waals surface area contributed by atoms with E-state index in [2.05, 4.69) is 9.88 Å². The highest BCUT2D eigenvalue weighted by Gasteiger charge is 2.46. The van der Waals surface area contributed by atoms with Crippen LogP contribution in [0.25, 0.3) is 11.1 Å². The Bertz CT molecular complexity index is 905. The van der Waals surface area contributed by atoms with E-state index in [0.29, 0.717) is 36.3 Å². The lowest BCUT2D eigenvalue weighted by Crippen LogP contribution is -2.42. The van der Waals surface area contributed by atoms with Gasteiger partial charge in [0.25, 0.3) is 6.01 Å². The van der Waals surface area contributed by atoms with E-state index in [0.717, 1.165) is 31.4 Å². The van der Waals surface area contributed by atoms with Crippen LogP contribution in [-0.4, -0.2) is 54.5 Å². The van der Waals surface area contributed by atoms with Gasteiger partial charge in [-0.05, 0) is 25.0 Å². The predicted octanol–water partition coefficient (Wildman–Crippen LogP) is 2.33. The van der Waals surface area contributed by atoms with Crippen LogP contribution in [0.1, 0.15) is 12.8 Å². The number of esters is 1. The van der Waals surface area contributed by atoms with Gasteiger partial charge in [0.2, 0.25) is 5.91 Å². The number of carbonyl (C=O) groups is 2. The normalized spacial score (nSPS) is 25.9.